The predicted molar refractivity (Wildman–Crippen MR) is 139 cm³/mol. The molecule has 0 spiro atoms. The van der Waals surface area contributed by atoms with E-state index in [2.05, 4.69) is 30.6 Å². The second kappa shape index (κ2) is 24.3. The van der Waals surface area contributed by atoms with E-state index in [0.717, 1.165) is 25.1 Å². The highest BCUT2D eigenvalue weighted by atomic mass is 16.2. The van der Waals surface area contributed by atoms with Gasteiger partial charge >= 0.3 is 0 Å². The maximum absolute atomic E-state index is 12.0. The molecule has 0 heterocycles. The van der Waals surface area contributed by atoms with Crippen LogP contribution in [-0.2, 0) is 9.59 Å². The molecule has 2 N–H and O–H groups in total. The lowest BCUT2D eigenvalue weighted by atomic mass is 10.1. The van der Waals surface area contributed by atoms with E-state index < -0.39 is 0 Å². The van der Waals surface area contributed by atoms with E-state index in [4.69, 9.17) is 0 Å². The summed E-state index contributed by atoms with van der Waals surface area (Å²) in [4.78, 5) is 23.9. The van der Waals surface area contributed by atoms with Gasteiger partial charge in [0.15, 0.2) is 0 Å². The highest BCUT2D eigenvalue weighted by Crippen LogP contribution is 2.11. The lowest BCUT2D eigenvalue weighted by Crippen LogP contribution is -2.27. The summed E-state index contributed by atoms with van der Waals surface area (Å²) < 4.78 is 0. The zero-order valence-corrected chi connectivity index (χ0v) is 21.7. The molecule has 0 saturated carbocycles. The average Bonchev–Trinajstić information content (AvgIpc) is 2.77. The molecule has 0 atom stereocenters. The number of allylic oxidation sites excluding steroid dienone is 2. The van der Waals surface area contributed by atoms with Gasteiger partial charge in [0.05, 0.1) is 0 Å². The first-order chi connectivity index (χ1) is 15.6. The van der Waals surface area contributed by atoms with Gasteiger partial charge in [-0.15, -0.1) is 0 Å². The molecule has 4 nitrogen and oxygen atoms in total. The Morgan fingerprint density at radius 2 is 1.03 bits per heavy atom. The van der Waals surface area contributed by atoms with E-state index in [1.165, 1.54) is 103 Å². The summed E-state index contributed by atoms with van der Waals surface area (Å²) in [6.45, 7) is 7.16. The SMILES string of the molecule is CCCCCCCCCC=C(C)NC(=O)CCC(=O)NCCCCCCCCCCCC. The van der Waals surface area contributed by atoms with Gasteiger partial charge in [0, 0.05) is 25.1 Å². The molecular formula is C28H54N2O2. The van der Waals surface area contributed by atoms with E-state index in [1.54, 1.807) is 0 Å². The van der Waals surface area contributed by atoms with Gasteiger partial charge in [-0.3, -0.25) is 9.59 Å². The molecule has 0 aromatic carbocycles. The summed E-state index contributed by atoms with van der Waals surface area (Å²) in [6, 6.07) is 0. The van der Waals surface area contributed by atoms with Crippen molar-refractivity contribution >= 4 is 11.8 Å². The second-order valence-electron chi connectivity index (χ2n) is 9.38. The van der Waals surface area contributed by atoms with Crippen molar-refractivity contribution in [1.82, 2.24) is 10.6 Å². The smallest absolute Gasteiger partial charge is 0.224 e. The largest absolute Gasteiger partial charge is 0.356 e. The molecule has 2 amide bonds. The Hall–Kier alpha value is -1.32. The highest BCUT2D eigenvalue weighted by molar-refractivity contribution is 5.84. The van der Waals surface area contributed by atoms with Gasteiger partial charge in [0.2, 0.25) is 11.8 Å². The van der Waals surface area contributed by atoms with Crippen LogP contribution in [0.1, 0.15) is 149 Å². The minimum absolute atomic E-state index is 0.0132. The number of hydrogen-bond donors (Lipinski definition) is 2. The van der Waals surface area contributed by atoms with Crippen molar-refractivity contribution < 1.29 is 9.59 Å². The first-order valence-electron chi connectivity index (χ1n) is 13.8. The molecule has 0 saturated heterocycles. The summed E-state index contributed by atoms with van der Waals surface area (Å²) in [5.41, 5.74) is 0.909. The molecule has 188 valence electrons. The first-order valence-corrected chi connectivity index (χ1v) is 13.8. The van der Waals surface area contributed by atoms with Gasteiger partial charge in [0.25, 0.3) is 0 Å². The third-order valence-corrected chi connectivity index (χ3v) is 6.03. The van der Waals surface area contributed by atoms with Crippen LogP contribution in [0.25, 0.3) is 0 Å². The lowest BCUT2D eigenvalue weighted by molar-refractivity contribution is -0.126. The van der Waals surface area contributed by atoms with Gasteiger partial charge in [0.1, 0.15) is 0 Å². The van der Waals surface area contributed by atoms with Gasteiger partial charge < -0.3 is 10.6 Å². The summed E-state index contributed by atoms with van der Waals surface area (Å²) >= 11 is 0. The molecular weight excluding hydrogens is 396 g/mol. The number of unbranched alkanes of at least 4 members (excludes halogenated alkanes) is 16. The Labute approximate surface area is 199 Å². The molecule has 0 bridgehead atoms. The minimum Gasteiger partial charge on any atom is -0.356 e. The third kappa shape index (κ3) is 23.3. The summed E-state index contributed by atoms with van der Waals surface area (Å²) in [7, 11) is 0. The van der Waals surface area contributed by atoms with Crippen LogP contribution in [0.4, 0.5) is 0 Å². The Balaban J connectivity index is 3.53. The van der Waals surface area contributed by atoms with Crippen molar-refractivity contribution in [2.45, 2.75) is 149 Å². The molecule has 0 rings (SSSR count). The van der Waals surface area contributed by atoms with E-state index in [9.17, 15) is 9.59 Å². The van der Waals surface area contributed by atoms with Gasteiger partial charge in [-0.25, -0.2) is 0 Å². The number of carbonyl (C=O) groups is 2. The number of hydrogen-bond acceptors (Lipinski definition) is 2. The number of carbonyl (C=O) groups excluding carboxylic acids is 2. The zero-order valence-electron chi connectivity index (χ0n) is 21.7. The second-order valence-corrected chi connectivity index (χ2v) is 9.38. The maximum atomic E-state index is 12.0. The molecule has 0 radical (unpaired) electrons. The monoisotopic (exact) mass is 450 g/mol. The molecule has 0 aliphatic heterocycles. The van der Waals surface area contributed by atoms with Crippen LogP contribution in [0.5, 0.6) is 0 Å². The van der Waals surface area contributed by atoms with Crippen molar-refractivity contribution in [3.05, 3.63) is 11.8 Å². The summed E-state index contributed by atoms with van der Waals surface area (Å²) in [6.07, 6.45) is 25.7. The van der Waals surface area contributed by atoms with E-state index in [0.29, 0.717) is 0 Å². The highest BCUT2D eigenvalue weighted by Gasteiger charge is 2.06. The quantitative estimate of drug-likeness (QED) is 0.155. The number of amides is 2. The fourth-order valence-electron chi connectivity index (χ4n) is 3.91. The minimum atomic E-state index is -0.0626. The Morgan fingerprint density at radius 1 is 0.594 bits per heavy atom. The molecule has 0 unspecified atom stereocenters. The maximum Gasteiger partial charge on any atom is 0.224 e. The van der Waals surface area contributed by atoms with Crippen LogP contribution >= 0.6 is 0 Å². The molecule has 0 aliphatic carbocycles. The predicted octanol–water partition coefficient (Wildman–Crippen LogP) is 7.96. The van der Waals surface area contributed by atoms with Crippen LogP contribution < -0.4 is 10.6 Å². The lowest BCUT2D eigenvalue weighted by Gasteiger charge is -2.07. The molecule has 0 fully saturated rings. The molecule has 0 aromatic rings. The molecule has 0 aliphatic rings. The first kappa shape index (κ1) is 30.7. The normalized spacial score (nSPS) is 11.5. The zero-order chi connectivity index (χ0) is 23.7. The van der Waals surface area contributed by atoms with Gasteiger partial charge in [-0.05, 0) is 26.2 Å². The van der Waals surface area contributed by atoms with E-state index in [1.807, 2.05) is 6.92 Å². The fraction of sp³-hybridized carbons (Fsp3) is 0.857. The van der Waals surface area contributed by atoms with Crippen LogP contribution in [0.2, 0.25) is 0 Å². The Morgan fingerprint density at radius 3 is 1.56 bits per heavy atom. The standard InChI is InChI=1S/C28H54N2O2/c1-4-6-8-10-12-14-15-17-19-21-25-29-27(31)23-24-28(32)30-26(3)22-20-18-16-13-11-9-7-5-2/h22H,4-21,23-25H2,1-3H3,(H,29,31)(H,30,32). The summed E-state index contributed by atoms with van der Waals surface area (Å²) in [5, 5.41) is 5.86. The molecule has 32 heavy (non-hydrogen) atoms. The average molecular weight is 451 g/mol. The molecule has 0 aromatic heterocycles. The van der Waals surface area contributed by atoms with Crippen LogP contribution in [-0.4, -0.2) is 18.4 Å². The number of nitrogens with one attached hydrogen (secondary N) is 2. The van der Waals surface area contributed by atoms with Gasteiger partial charge in [-0.2, -0.15) is 0 Å². The Bertz CT molecular complexity index is 474. The van der Waals surface area contributed by atoms with Gasteiger partial charge in [-0.1, -0.05) is 116 Å². The van der Waals surface area contributed by atoms with Crippen molar-refractivity contribution in [1.29, 1.82) is 0 Å². The van der Waals surface area contributed by atoms with E-state index in [-0.39, 0.29) is 24.7 Å². The van der Waals surface area contributed by atoms with Crippen molar-refractivity contribution in [2.75, 3.05) is 6.54 Å². The fourth-order valence-corrected chi connectivity index (χ4v) is 3.91. The van der Waals surface area contributed by atoms with Crippen molar-refractivity contribution in [3.63, 3.8) is 0 Å². The number of rotatable bonds is 23. The van der Waals surface area contributed by atoms with Crippen molar-refractivity contribution in [3.8, 4) is 0 Å². The van der Waals surface area contributed by atoms with Crippen LogP contribution in [0.3, 0.4) is 0 Å². The van der Waals surface area contributed by atoms with Crippen LogP contribution in [0.15, 0.2) is 11.8 Å². The van der Waals surface area contributed by atoms with Crippen molar-refractivity contribution in [2.24, 2.45) is 0 Å². The Kier molecular flexibility index (Phi) is 23.3. The third-order valence-electron chi connectivity index (χ3n) is 6.03. The van der Waals surface area contributed by atoms with Crippen LogP contribution in [0, 0.1) is 0 Å². The molecule has 4 heteroatoms. The van der Waals surface area contributed by atoms with E-state index >= 15 is 0 Å². The summed E-state index contributed by atoms with van der Waals surface area (Å²) in [5.74, 6) is -0.0758. The topological polar surface area (TPSA) is 58.2 Å².